The smallest absolute Gasteiger partial charge is 0.331 e. The van der Waals surface area contributed by atoms with Gasteiger partial charge in [0.1, 0.15) is 0 Å². The van der Waals surface area contributed by atoms with Crippen molar-refractivity contribution < 1.29 is 9.47 Å². The van der Waals surface area contributed by atoms with Gasteiger partial charge in [-0.25, -0.2) is 4.79 Å². The lowest BCUT2D eigenvalue weighted by Crippen LogP contribution is -2.41. The first-order valence-electron chi connectivity index (χ1n) is 6.18. The Hall–Kier alpha value is -0.670. The summed E-state index contributed by atoms with van der Waals surface area (Å²) in [6.45, 7) is 4.25. The Kier molecular flexibility index (Phi) is 7.32. The molecule has 19 heavy (non-hydrogen) atoms. The minimum Gasteiger partial charge on any atom is -0.385 e. The number of nitrogens with zero attached hydrogens (tertiary/aromatic N) is 2. The van der Waals surface area contributed by atoms with E-state index in [1.165, 1.54) is 9.13 Å². The number of aryl methyl sites for hydroxylation is 1. The quantitative estimate of drug-likeness (QED) is 0.490. The molecule has 108 valence electrons. The predicted molar refractivity (Wildman–Crippen MR) is 80.7 cm³/mol. The number of hydrogen-bond donors (Lipinski definition) is 0. The van der Waals surface area contributed by atoms with Gasteiger partial charge in [0.05, 0.1) is 16.7 Å². The molecule has 0 aliphatic heterocycles. The Morgan fingerprint density at radius 2 is 2.00 bits per heavy atom. The second kappa shape index (κ2) is 8.49. The van der Waals surface area contributed by atoms with Crippen LogP contribution in [0, 0.1) is 3.57 Å². The molecule has 1 heterocycles. The van der Waals surface area contributed by atoms with Crippen LogP contribution in [0.1, 0.15) is 13.3 Å². The third-order valence-electron chi connectivity index (χ3n) is 2.63. The molecular formula is C12H19IN2O4. The van der Waals surface area contributed by atoms with Crippen molar-refractivity contribution in [2.75, 3.05) is 26.9 Å². The molecule has 0 unspecified atom stereocenters. The Bertz CT molecular complexity index is 509. The number of hydrogen-bond acceptors (Lipinski definition) is 4. The monoisotopic (exact) mass is 382 g/mol. The summed E-state index contributed by atoms with van der Waals surface area (Å²) in [5, 5.41) is 0. The Labute approximate surface area is 125 Å². The minimum atomic E-state index is -0.284. The zero-order chi connectivity index (χ0) is 14.3. The van der Waals surface area contributed by atoms with E-state index < -0.39 is 0 Å². The van der Waals surface area contributed by atoms with E-state index in [1.807, 2.05) is 29.5 Å². The first kappa shape index (κ1) is 16.4. The molecule has 7 heteroatoms. The summed E-state index contributed by atoms with van der Waals surface area (Å²) >= 11 is 1.94. The maximum atomic E-state index is 12.0. The second-order valence-electron chi connectivity index (χ2n) is 3.96. The van der Waals surface area contributed by atoms with Gasteiger partial charge < -0.3 is 9.47 Å². The van der Waals surface area contributed by atoms with E-state index >= 15 is 0 Å². The third-order valence-corrected chi connectivity index (χ3v) is 3.37. The zero-order valence-electron chi connectivity index (χ0n) is 11.2. The van der Waals surface area contributed by atoms with Gasteiger partial charge in [-0.2, -0.15) is 0 Å². The SMILES string of the molecule is CCn1cc(I)c(=O)n(CCOCCCOC)c1=O. The molecule has 0 saturated carbocycles. The second-order valence-corrected chi connectivity index (χ2v) is 5.12. The van der Waals surface area contributed by atoms with Crippen molar-refractivity contribution in [1.82, 2.24) is 9.13 Å². The van der Waals surface area contributed by atoms with Crippen LogP contribution in [-0.2, 0) is 22.6 Å². The fraction of sp³-hybridized carbons (Fsp3) is 0.667. The summed E-state index contributed by atoms with van der Waals surface area (Å²) < 4.78 is 13.6. The molecule has 0 N–H and O–H groups in total. The lowest BCUT2D eigenvalue weighted by atomic mass is 10.5. The molecule has 0 aliphatic rings. The highest BCUT2D eigenvalue weighted by Crippen LogP contribution is 1.94. The molecule has 0 aromatic carbocycles. The van der Waals surface area contributed by atoms with Gasteiger partial charge in [-0.1, -0.05) is 0 Å². The van der Waals surface area contributed by atoms with Crippen LogP contribution in [-0.4, -0.2) is 36.1 Å². The van der Waals surface area contributed by atoms with Crippen LogP contribution in [0.2, 0.25) is 0 Å². The van der Waals surface area contributed by atoms with Crippen molar-refractivity contribution in [2.24, 2.45) is 0 Å². The average Bonchev–Trinajstić information content (AvgIpc) is 2.41. The molecule has 6 nitrogen and oxygen atoms in total. The fourth-order valence-corrected chi connectivity index (χ4v) is 2.23. The highest BCUT2D eigenvalue weighted by Gasteiger charge is 2.08. The summed E-state index contributed by atoms with van der Waals surface area (Å²) in [4.78, 5) is 23.9. The standard InChI is InChI=1S/C12H19IN2O4/c1-3-14-9-10(13)11(16)15(12(14)17)5-8-19-7-4-6-18-2/h9H,3-8H2,1-2H3. The largest absolute Gasteiger partial charge is 0.385 e. The highest BCUT2D eigenvalue weighted by molar-refractivity contribution is 14.1. The minimum absolute atomic E-state index is 0.254. The Morgan fingerprint density at radius 3 is 2.63 bits per heavy atom. The van der Waals surface area contributed by atoms with Gasteiger partial charge in [-0.3, -0.25) is 13.9 Å². The van der Waals surface area contributed by atoms with Gasteiger partial charge in [0, 0.05) is 33.1 Å². The van der Waals surface area contributed by atoms with E-state index in [-0.39, 0.29) is 17.8 Å². The lowest BCUT2D eigenvalue weighted by Gasteiger charge is -2.10. The molecular weight excluding hydrogens is 363 g/mol. The Balaban J connectivity index is 2.65. The maximum Gasteiger partial charge on any atom is 0.331 e. The molecule has 0 radical (unpaired) electrons. The Morgan fingerprint density at radius 1 is 1.26 bits per heavy atom. The van der Waals surface area contributed by atoms with Crippen molar-refractivity contribution in [1.29, 1.82) is 0 Å². The van der Waals surface area contributed by atoms with Gasteiger partial charge in [0.15, 0.2) is 0 Å². The van der Waals surface area contributed by atoms with Gasteiger partial charge in [-0.15, -0.1) is 0 Å². The molecule has 0 bridgehead atoms. The number of halogens is 1. The van der Waals surface area contributed by atoms with Gasteiger partial charge in [0.25, 0.3) is 5.56 Å². The molecule has 0 amide bonds. The average molecular weight is 382 g/mol. The molecule has 0 saturated heterocycles. The van der Waals surface area contributed by atoms with Crippen molar-refractivity contribution in [3.63, 3.8) is 0 Å². The van der Waals surface area contributed by atoms with E-state index in [2.05, 4.69) is 0 Å². The summed E-state index contributed by atoms with van der Waals surface area (Å²) in [7, 11) is 1.64. The van der Waals surface area contributed by atoms with Crippen molar-refractivity contribution in [3.05, 3.63) is 30.6 Å². The molecule has 0 atom stereocenters. The molecule has 0 fully saturated rings. The molecule has 0 spiro atoms. The predicted octanol–water partition coefficient (Wildman–Crippen LogP) is 0.688. The van der Waals surface area contributed by atoms with Crippen molar-refractivity contribution in [3.8, 4) is 0 Å². The number of methoxy groups -OCH3 is 1. The lowest BCUT2D eigenvalue weighted by molar-refractivity contribution is 0.0964. The zero-order valence-corrected chi connectivity index (χ0v) is 13.4. The van der Waals surface area contributed by atoms with E-state index in [1.54, 1.807) is 13.3 Å². The van der Waals surface area contributed by atoms with Crippen molar-refractivity contribution >= 4 is 22.6 Å². The number of ether oxygens (including phenoxy) is 2. The van der Waals surface area contributed by atoms with Gasteiger partial charge >= 0.3 is 5.69 Å². The fourth-order valence-electron chi connectivity index (χ4n) is 1.61. The first-order chi connectivity index (χ1) is 9.11. The number of aromatic nitrogens is 2. The van der Waals surface area contributed by atoms with Crippen LogP contribution < -0.4 is 11.2 Å². The normalized spacial score (nSPS) is 10.9. The molecule has 0 aliphatic carbocycles. The van der Waals surface area contributed by atoms with E-state index in [4.69, 9.17) is 9.47 Å². The summed E-state index contributed by atoms with van der Waals surface area (Å²) in [5.41, 5.74) is -0.538. The highest BCUT2D eigenvalue weighted by atomic mass is 127. The van der Waals surface area contributed by atoms with Crippen LogP contribution in [0.3, 0.4) is 0 Å². The first-order valence-corrected chi connectivity index (χ1v) is 7.26. The van der Waals surface area contributed by atoms with Crippen LogP contribution >= 0.6 is 22.6 Å². The van der Waals surface area contributed by atoms with Crippen LogP contribution in [0.4, 0.5) is 0 Å². The van der Waals surface area contributed by atoms with Gasteiger partial charge in [0.2, 0.25) is 0 Å². The van der Waals surface area contributed by atoms with Crippen LogP contribution in [0.15, 0.2) is 15.8 Å². The van der Waals surface area contributed by atoms with Crippen molar-refractivity contribution in [2.45, 2.75) is 26.4 Å². The third kappa shape index (κ3) is 4.73. The van der Waals surface area contributed by atoms with E-state index in [0.717, 1.165) is 6.42 Å². The molecule has 1 aromatic rings. The van der Waals surface area contributed by atoms with Crippen LogP contribution in [0.25, 0.3) is 0 Å². The summed E-state index contributed by atoms with van der Waals surface area (Å²) in [6, 6.07) is 0. The van der Waals surface area contributed by atoms with Gasteiger partial charge in [-0.05, 0) is 35.9 Å². The topological polar surface area (TPSA) is 62.5 Å². The van der Waals surface area contributed by atoms with E-state index in [0.29, 0.717) is 29.9 Å². The summed E-state index contributed by atoms with van der Waals surface area (Å²) in [6.07, 6.45) is 2.39. The van der Waals surface area contributed by atoms with E-state index in [9.17, 15) is 9.59 Å². The molecule has 1 aromatic heterocycles. The molecule has 1 rings (SSSR count). The van der Waals surface area contributed by atoms with Crippen LogP contribution in [0.5, 0.6) is 0 Å². The maximum absolute atomic E-state index is 12.0. The number of rotatable bonds is 8. The summed E-state index contributed by atoms with van der Waals surface area (Å²) in [5.74, 6) is 0.